The first kappa shape index (κ1) is 17.5. The van der Waals surface area contributed by atoms with Crippen LogP contribution in [0.1, 0.15) is 18.1 Å². The summed E-state index contributed by atoms with van der Waals surface area (Å²) in [5.41, 5.74) is 1.14. The Morgan fingerprint density at radius 2 is 1.68 bits per heavy atom. The van der Waals surface area contributed by atoms with Crippen LogP contribution in [-0.2, 0) is 11.4 Å². The molecule has 3 aromatic rings. The second kappa shape index (κ2) is 8.14. The summed E-state index contributed by atoms with van der Waals surface area (Å²) in [6.07, 6.45) is 3.43. The fourth-order valence-corrected chi connectivity index (χ4v) is 3.20. The van der Waals surface area contributed by atoms with E-state index in [0.29, 0.717) is 12.4 Å². The van der Waals surface area contributed by atoms with E-state index < -0.39 is 5.60 Å². The molecule has 1 aromatic heterocycles. The maximum Gasteiger partial charge on any atom is 0.145 e. The lowest BCUT2D eigenvalue weighted by molar-refractivity contribution is 0.0714. The van der Waals surface area contributed by atoms with Gasteiger partial charge in [-0.25, -0.2) is 4.98 Å². The molecule has 2 N–H and O–H groups in total. The van der Waals surface area contributed by atoms with E-state index in [4.69, 9.17) is 0 Å². The number of benzene rings is 2. The maximum absolute atomic E-state index is 10.7. The average molecular weight is 351 g/mol. The number of nitrogens with one attached hydrogen (secondary N) is 1. The predicted molar refractivity (Wildman–Crippen MR) is 103 cm³/mol. The molecule has 0 spiro atoms. The van der Waals surface area contributed by atoms with Crippen molar-refractivity contribution >= 4 is 17.6 Å². The van der Waals surface area contributed by atoms with Crippen LogP contribution in [0, 0.1) is 0 Å². The van der Waals surface area contributed by atoms with E-state index in [1.54, 1.807) is 31.1 Å². The molecule has 1 atom stereocenters. The highest BCUT2D eigenvalue weighted by Gasteiger charge is 2.22. The van der Waals surface area contributed by atoms with Crippen molar-refractivity contribution in [2.24, 2.45) is 0 Å². The first-order chi connectivity index (χ1) is 12.1. The maximum atomic E-state index is 10.7. The number of anilines is 1. The SMILES string of the molecule is CC(O)(CNc1cncc(SCc2ccccc2)n1)c1ccccc1. The summed E-state index contributed by atoms with van der Waals surface area (Å²) >= 11 is 1.64. The Hall–Kier alpha value is -2.37. The van der Waals surface area contributed by atoms with Crippen molar-refractivity contribution in [2.75, 3.05) is 11.9 Å². The topological polar surface area (TPSA) is 58.0 Å². The minimum absolute atomic E-state index is 0.360. The monoisotopic (exact) mass is 351 g/mol. The van der Waals surface area contributed by atoms with E-state index in [2.05, 4.69) is 27.4 Å². The zero-order chi connectivity index (χ0) is 17.5. The summed E-state index contributed by atoms with van der Waals surface area (Å²) in [6, 6.07) is 19.9. The predicted octanol–water partition coefficient (Wildman–Crippen LogP) is 4.09. The standard InChI is InChI=1S/C20H21N3OS/c1-20(24,17-10-6-3-7-11-17)15-22-18-12-21-13-19(23-18)25-14-16-8-4-2-5-9-16/h2-13,24H,14-15H2,1H3,(H,22,23). The van der Waals surface area contributed by atoms with Gasteiger partial charge in [-0.1, -0.05) is 60.7 Å². The van der Waals surface area contributed by atoms with Gasteiger partial charge in [0, 0.05) is 12.3 Å². The third-order valence-corrected chi connectivity index (χ3v) is 4.82. The largest absolute Gasteiger partial charge is 0.384 e. The molecule has 4 nitrogen and oxygen atoms in total. The molecule has 1 unspecified atom stereocenters. The molecule has 0 radical (unpaired) electrons. The quantitative estimate of drug-likeness (QED) is 0.628. The molecule has 5 heteroatoms. The Morgan fingerprint density at radius 3 is 2.40 bits per heavy atom. The van der Waals surface area contributed by atoms with Crippen LogP contribution in [0.2, 0.25) is 0 Å². The van der Waals surface area contributed by atoms with Crippen LogP contribution in [0.15, 0.2) is 78.1 Å². The highest BCUT2D eigenvalue weighted by atomic mass is 32.2. The first-order valence-electron chi connectivity index (χ1n) is 8.14. The zero-order valence-electron chi connectivity index (χ0n) is 14.1. The van der Waals surface area contributed by atoms with Crippen LogP contribution in [0.25, 0.3) is 0 Å². The van der Waals surface area contributed by atoms with E-state index in [1.807, 2.05) is 48.5 Å². The van der Waals surface area contributed by atoms with Gasteiger partial charge < -0.3 is 10.4 Å². The molecule has 2 aromatic carbocycles. The summed E-state index contributed by atoms with van der Waals surface area (Å²) in [7, 11) is 0. The molecular formula is C20H21N3OS. The number of aromatic nitrogens is 2. The van der Waals surface area contributed by atoms with Gasteiger partial charge in [0.05, 0.1) is 12.4 Å². The minimum atomic E-state index is -0.976. The number of nitrogens with zero attached hydrogens (tertiary/aromatic N) is 2. The molecule has 0 saturated carbocycles. The molecule has 25 heavy (non-hydrogen) atoms. The van der Waals surface area contributed by atoms with E-state index >= 15 is 0 Å². The van der Waals surface area contributed by atoms with E-state index in [0.717, 1.165) is 16.3 Å². The number of hydrogen-bond acceptors (Lipinski definition) is 5. The lowest BCUT2D eigenvalue weighted by Crippen LogP contribution is -2.30. The van der Waals surface area contributed by atoms with Crippen LogP contribution in [0.5, 0.6) is 0 Å². The van der Waals surface area contributed by atoms with Crippen LogP contribution in [0.4, 0.5) is 5.82 Å². The normalized spacial score (nSPS) is 13.2. The third kappa shape index (κ3) is 5.05. The van der Waals surface area contributed by atoms with Crippen LogP contribution in [0.3, 0.4) is 0 Å². The molecule has 3 rings (SSSR count). The van der Waals surface area contributed by atoms with Crippen molar-refractivity contribution in [3.05, 3.63) is 84.2 Å². The van der Waals surface area contributed by atoms with Crippen LogP contribution < -0.4 is 5.32 Å². The number of hydrogen-bond donors (Lipinski definition) is 2. The van der Waals surface area contributed by atoms with Crippen molar-refractivity contribution in [2.45, 2.75) is 23.3 Å². The third-order valence-electron chi connectivity index (χ3n) is 3.85. The molecule has 0 aliphatic rings. The lowest BCUT2D eigenvalue weighted by Gasteiger charge is -2.24. The van der Waals surface area contributed by atoms with Gasteiger partial charge in [0.2, 0.25) is 0 Å². The van der Waals surface area contributed by atoms with Crippen LogP contribution in [-0.4, -0.2) is 21.6 Å². The van der Waals surface area contributed by atoms with Crippen molar-refractivity contribution in [3.63, 3.8) is 0 Å². The Kier molecular flexibility index (Phi) is 5.68. The molecule has 0 amide bonds. The smallest absolute Gasteiger partial charge is 0.145 e. The summed E-state index contributed by atoms with van der Waals surface area (Å²) in [4.78, 5) is 8.81. The van der Waals surface area contributed by atoms with Gasteiger partial charge in [-0.05, 0) is 18.1 Å². The van der Waals surface area contributed by atoms with Gasteiger partial charge in [0.15, 0.2) is 0 Å². The van der Waals surface area contributed by atoms with E-state index in [1.165, 1.54) is 5.56 Å². The number of aliphatic hydroxyl groups is 1. The molecule has 0 aliphatic carbocycles. The highest BCUT2D eigenvalue weighted by Crippen LogP contribution is 2.23. The van der Waals surface area contributed by atoms with Gasteiger partial charge in [0.1, 0.15) is 16.4 Å². The number of rotatable bonds is 7. The highest BCUT2D eigenvalue weighted by molar-refractivity contribution is 7.98. The Balaban J connectivity index is 1.60. The van der Waals surface area contributed by atoms with Crippen molar-refractivity contribution in [1.82, 2.24) is 9.97 Å². The molecule has 0 fully saturated rings. The molecule has 1 heterocycles. The second-order valence-electron chi connectivity index (χ2n) is 6.01. The van der Waals surface area contributed by atoms with Crippen LogP contribution >= 0.6 is 11.8 Å². The zero-order valence-corrected chi connectivity index (χ0v) is 14.9. The minimum Gasteiger partial charge on any atom is -0.384 e. The fraction of sp³-hybridized carbons (Fsp3) is 0.200. The Labute approximate surface area is 152 Å². The molecule has 0 aliphatic heterocycles. The summed E-state index contributed by atoms with van der Waals surface area (Å²) in [5, 5.41) is 14.7. The summed E-state index contributed by atoms with van der Waals surface area (Å²) in [6.45, 7) is 2.15. The average Bonchev–Trinajstić information content (AvgIpc) is 2.67. The van der Waals surface area contributed by atoms with Gasteiger partial charge in [-0.3, -0.25) is 4.98 Å². The Bertz CT molecular complexity index is 794. The molecule has 128 valence electrons. The molecule has 0 saturated heterocycles. The van der Waals surface area contributed by atoms with Gasteiger partial charge >= 0.3 is 0 Å². The number of thioether (sulfide) groups is 1. The van der Waals surface area contributed by atoms with Gasteiger partial charge in [-0.15, -0.1) is 11.8 Å². The molecular weight excluding hydrogens is 330 g/mol. The van der Waals surface area contributed by atoms with Gasteiger partial charge in [-0.2, -0.15) is 0 Å². The van der Waals surface area contributed by atoms with Gasteiger partial charge in [0.25, 0.3) is 0 Å². The summed E-state index contributed by atoms with van der Waals surface area (Å²) in [5.74, 6) is 1.51. The fourth-order valence-electron chi connectivity index (χ4n) is 2.40. The van der Waals surface area contributed by atoms with E-state index in [9.17, 15) is 5.11 Å². The molecule has 0 bridgehead atoms. The summed E-state index contributed by atoms with van der Waals surface area (Å²) < 4.78 is 0. The lowest BCUT2D eigenvalue weighted by atomic mass is 9.96. The Morgan fingerprint density at radius 1 is 1.00 bits per heavy atom. The van der Waals surface area contributed by atoms with Crippen molar-refractivity contribution < 1.29 is 5.11 Å². The van der Waals surface area contributed by atoms with Crippen molar-refractivity contribution in [1.29, 1.82) is 0 Å². The van der Waals surface area contributed by atoms with E-state index in [-0.39, 0.29) is 0 Å². The second-order valence-corrected chi connectivity index (χ2v) is 7.01. The van der Waals surface area contributed by atoms with Crippen molar-refractivity contribution in [3.8, 4) is 0 Å². The first-order valence-corrected chi connectivity index (χ1v) is 9.12.